The highest BCUT2D eigenvalue weighted by molar-refractivity contribution is 9.10. The van der Waals surface area contributed by atoms with Crippen LogP contribution in [0.4, 0.5) is 5.69 Å². The van der Waals surface area contributed by atoms with Crippen molar-refractivity contribution >= 4 is 67.2 Å². The van der Waals surface area contributed by atoms with E-state index < -0.39 is 0 Å². The number of hydrogen-bond acceptors (Lipinski definition) is 8. The summed E-state index contributed by atoms with van der Waals surface area (Å²) < 4.78 is 25.0. The number of hydrogen-bond donors (Lipinski definition) is 1. The minimum absolute atomic E-state index is 0.217. The molecule has 0 spiro atoms. The van der Waals surface area contributed by atoms with Crippen LogP contribution in [0.15, 0.2) is 104 Å². The normalized spacial score (nSPS) is 11.3. The van der Waals surface area contributed by atoms with Crippen molar-refractivity contribution in [2.75, 3.05) is 25.6 Å². The van der Waals surface area contributed by atoms with Gasteiger partial charge < -0.3 is 23.9 Å². The van der Waals surface area contributed by atoms with Gasteiger partial charge in [-0.3, -0.25) is 9.59 Å². The Hall–Kier alpha value is -5.13. The van der Waals surface area contributed by atoms with E-state index in [1.54, 1.807) is 67.8 Å². The topological polar surface area (TPSA) is 117 Å². The molecule has 0 aliphatic rings. The molecular formula is C34H26BrClN4O6. The first kappa shape index (κ1) is 30.9. The fourth-order valence-electron chi connectivity index (χ4n) is 4.77. The summed E-state index contributed by atoms with van der Waals surface area (Å²) in [6, 6.07) is 24.5. The van der Waals surface area contributed by atoms with E-state index >= 15 is 0 Å². The van der Waals surface area contributed by atoms with Gasteiger partial charge in [0.1, 0.15) is 11.3 Å². The summed E-state index contributed by atoms with van der Waals surface area (Å²) in [5, 5.41) is 9.01. The van der Waals surface area contributed by atoms with E-state index in [1.807, 2.05) is 31.2 Å². The molecule has 10 nitrogen and oxygen atoms in total. The molecule has 232 valence electrons. The van der Waals surface area contributed by atoms with Gasteiger partial charge in [0, 0.05) is 10.7 Å². The number of nitrogens with zero attached hydrogens (tertiary/aromatic N) is 3. The lowest BCUT2D eigenvalue weighted by Crippen LogP contribution is -2.20. The van der Waals surface area contributed by atoms with Gasteiger partial charge in [0.2, 0.25) is 5.82 Å². The van der Waals surface area contributed by atoms with Crippen LogP contribution in [0.3, 0.4) is 0 Å². The second-order valence-corrected chi connectivity index (χ2v) is 11.2. The zero-order valence-electron chi connectivity index (χ0n) is 24.6. The van der Waals surface area contributed by atoms with Crippen LogP contribution >= 0.6 is 27.5 Å². The van der Waals surface area contributed by atoms with Crippen molar-refractivity contribution in [2.45, 2.75) is 6.92 Å². The molecule has 1 amide bonds. The van der Waals surface area contributed by atoms with Gasteiger partial charge >= 0.3 is 0 Å². The Morgan fingerprint density at radius 2 is 1.83 bits per heavy atom. The van der Waals surface area contributed by atoms with Crippen molar-refractivity contribution in [1.29, 1.82) is 0 Å². The number of nitrogens with one attached hydrogen (secondary N) is 1. The van der Waals surface area contributed by atoms with Crippen LogP contribution in [-0.4, -0.2) is 42.1 Å². The lowest BCUT2D eigenvalue weighted by molar-refractivity contribution is -0.118. The number of anilines is 1. The number of halogens is 2. The fraction of sp³-hybridized carbons (Fsp3) is 0.118. The van der Waals surface area contributed by atoms with E-state index in [-0.39, 0.29) is 23.9 Å². The summed E-state index contributed by atoms with van der Waals surface area (Å²) in [6.45, 7) is 1.91. The molecule has 2 heterocycles. The summed E-state index contributed by atoms with van der Waals surface area (Å²) in [5.74, 6) is 1.55. The van der Waals surface area contributed by atoms with Crippen LogP contribution in [-0.2, 0) is 4.79 Å². The number of amides is 1. The average molecular weight is 702 g/mol. The van der Waals surface area contributed by atoms with Crippen molar-refractivity contribution in [3.8, 4) is 28.8 Å². The van der Waals surface area contributed by atoms with E-state index in [0.717, 1.165) is 5.39 Å². The third-order valence-electron chi connectivity index (χ3n) is 6.85. The number of rotatable bonds is 10. The van der Waals surface area contributed by atoms with Crippen molar-refractivity contribution in [2.24, 2.45) is 5.10 Å². The molecule has 1 N–H and O–H groups in total. The van der Waals surface area contributed by atoms with Gasteiger partial charge in [0.15, 0.2) is 23.9 Å². The molecule has 6 aromatic rings. The van der Waals surface area contributed by atoms with Crippen molar-refractivity contribution < 1.29 is 23.4 Å². The van der Waals surface area contributed by atoms with E-state index in [4.69, 9.17) is 35.2 Å². The largest absolute Gasteiger partial charge is 0.496 e. The van der Waals surface area contributed by atoms with Gasteiger partial charge in [0.25, 0.3) is 11.5 Å². The molecule has 0 radical (unpaired) electrons. The van der Waals surface area contributed by atoms with E-state index in [9.17, 15) is 9.59 Å². The molecule has 0 saturated heterocycles. The minimum Gasteiger partial charge on any atom is -0.496 e. The minimum atomic E-state index is -0.375. The first-order valence-corrected chi connectivity index (χ1v) is 15.3. The molecule has 0 atom stereocenters. The number of aromatic nitrogens is 2. The molecule has 6 rings (SSSR count). The first-order chi connectivity index (χ1) is 22.3. The number of furan rings is 1. The third-order valence-corrected chi connectivity index (χ3v) is 7.69. The standard InChI is InChI=1S/C34H26BrClN4O6/c1-3-44-29-16-20(15-25(35)32(29)45-19-31(41)38-22-13-11-21(36)12-14-22)18-37-40-33(39-26-8-5-4-7-23(26)34(40)42)30-17-24-27(43-2)9-6-10-28(24)46-30/h4-18H,3,19H2,1-2H3,(H,38,41). The Balaban J connectivity index is 1.34. The summed E-state index contributed by atoms with van der Waals surface area (Å²) in [5.41, 5.74) is 1.89. The van der Waals surface area contributed by atoms with E-state index in [0.29, 0.717) is 66.8 Å². The number of ether oxygens (including phenoxy) is 3. The number of benzene rings is 4. The highest BCUT2D eigenvalue weighted by Crippen LogP contribution is 2.37. The molecule has 0 unspecified atom stereocenters. The van der Waals surface area contributed by atoms with E-state index in [2.05, 4.69) is 26.3 Å². The number of methoxy groups -OCH3 is 1. The maximum absolute atomic E-state index is 13.7. The zero-order chi connectivity index (χ0) is 32.2. The second kappa shape index (κ2) is 13.5. The Morgan fingerprint density at radius 1 is 1.02 bits per heavy atom. The second-order valence-electron chi connectivity index (χ2n) is 9.90. The molecule has 0 aliphatic heterocycles. The van der Waals surface area contributed by atoms with Gasteiger partial charge in [-0.25, -0.2) is 4.98 Å². The van der Waals surface area contributed by atoms with Crippen LogP contribution < -0.4 is 25.1 Å². The molecule has 0 bridgehead atoms. The van der Waals surface area contributed by atoms with Gasteiger partial charge in [-0.1, -0.05) is 29.8 Å². The van der Waals surface area contributed by atoms with Crippen molar-refractivity contribution in [3.63, 3.8) is 0 Å². The van der Waals surface area contributed by atoms with Crippen LogP contribution in [0.1, 0.15) is 12.5 Å². The molecule has 0 fully saturated rings. The third kappa shape index (κ3) is 6.46. The number of carbonyl (C=O) groups excluding carboxylic acids is 1. The summed E-state index contributed by atoms with van der Waals surface area (Å²) in [7, 11) is 1.58. The monoisotopic (exact) mass is 700 g/mol. The molecule has 2 aromatic heterocycles. The van der Waals surface area contributed by atoms with Crippen LogP contribution in [0, 0.1) is 0 Å². The fourth-order valence-corrected chi connectivity index (χ4v) is 5.47. The van der Waals surface area contributed by atoms with Gasteiger partial charge in [-0.15, -0.1) is 0 Å². The predicted octanol–water partition coefficient (Wildman–Crippen LogP) is 7.53. The number of para-hydroxylation sites is 1. The Morgan fingerprint density at radius 3 is 2.61 bits per heavy atom. The smallest absolute Gasteiger partial charge is 0.282 e. The number of carbonyl (C=O) groups is 1. The lowest BCUT2D eigenvalue weighted by atomic mass is 10.2. The number of fused-ring (bicyclic) bond motifs is 2. The summed E-state index contributed by atoms with van der Waals surface area (Å²) in [4.78, 5) is 31.0. The zero-order valence-corrected chi connectivity index (χ0v) is 27.0. The maximum Gasteiger partial charge on any atom is 0.282 e. The lowest BCUT2D eigenvalue weighted by Gasteiger charge is -2.14. The van der Waals surface area contributed by atoms with Crippen molar-refractivity contribution in [3.05, 3.63) is 110 Å². The van der Waals surface area contributed by atoms with Crippen LogP contribution in [0.5, 0.6) is 17.2 Å². The van der Waals surface area contributed by atoms with Crippen LogP contribution in [0.25, 0.3) is 33.5 Å². The SMILES string of the molecule is CCOc1cc(C=Nn2c(-c3cc4c(OC)cccc4o3)nc3ccccc3c2=O)cc(Br)c1OCC(=O)Nc1ccc(Cl)cc1. The molecule has 12 heteroatoms. The quantitative estimate of drug-likeness (QED) is 0.147. The van der Waals surface area contributed by atoms with Gasteiger partial charge in [-0.05, 0) is 95.1 Å². The Bertz CT molecular complexity index is 2160. The molecular weight excluding hydrogens is 676 g/mol. The van der Waals surface area contributed by atoms with Gasteiger partial charge in [0.05, 0.1) is 40.7 Å². The molecule has 46 heavy (non-hydrogen) atoms. The Labute approximate surface area is 276 Å². The molecule has 0 saturated carbocycles. The Kier molecular flexibility index (Phi) is 9.04. The summed E-state index contributed by atoms with van der Waals surface area (Å²) in [6.07, 6.45) is 1.51. The van der Waals surface area contributed by atoms with E-state index in [1.165, 1.54) is 10.9 Å². The van der Waals surface area contributed by atoms with Gasteiger partial charge in [-0.2, -0.15) is 9.78 Å². The van der Waals surface area contributed by atoms with Crippen LogP contribution in [0.2, 0.25) is 5.02 Å². The average Bonchev–Trinajstić information content (AvgIpc) is 3.50. The molecule has 0 aliphatic carbocycles. The molecule has 4 aromatic carbocycles. The maximum atomic E-state index is 13.7. The summed E-state index contributed by atoms with van der Waals surface area (Å²) >= 11 is 9.45. The first-order valence-electron chi connectivity index (χ1n) is 14.1. The highest BCUT2D eigenvalue weighted by atomic mass is 79.9. The predicted molar refractivity (Wildman–Crippen MR) is 182 cm³/mol. The van der Waals surface area contributed by atoms with Crippen molar-refractivity contribution in [1.82, 2.24) is 9.66 Å². The highest BCUT2D eigenvalue weighted by Gasteiger charge is 2.19.